The molecule has 0 saturated carbocycles. The van der Waals surface area contributed by atoms with E-state index in [1.54, 1.807) is 0 Å². The summed E-state index contributed by atoms with van der Waals surface area (Å²) in [6.45, 7) is 4.57. The lowest BCUT2D eigenvalue weighted by molar-refractivity contribution is -0.143. The van der Waals surface area contributed by atoms with Crippen molar-refractivity contribution in [3.05, 3.63) is 82.3 Å². The maximum absolute atomic E-state index is 13.9. The van der Waals surface area contributed by atoms with E-state index in [1.807, 2.05) is 42.1 Å². The Hall–Kier alpha value is -3.95. The van der Waals surface area contributed by atoms with Gasteiger partial charge >= 0.3 is 12.4 Å². The van der Waals surface area contributed by atoms with Crippen LogP contribution < -0.4 is 0 Å². The molecule has 0 spiro atoms. The average molecular weight is 650 g/mol. The molecule has 2 saturated heterocycles. The average Bonchev–Trinajstić information content (AvgIpc) is 3.59. The molecule has 0 radical (unpaired) electrons. The van der Waals surface area contributed by atoms with E-state index in [-0.39, 0.29) is 12.6 Å². The van der Waals surface area contributed by atoms with E-state index < -0.39 is 41.0 Å². The second-order valence-electron chi connectivity index (χ2n) is 11.8. The summed E-state index contributed by atoms with van der Waals surface area (Å²) in [5.74, 6) is -0.879. The van der Waals surface area contributed by atoms with Crippen LogP contribution in [0.5, 0.6) is 0 Å². The molecule has 4 aromatic rings. The minimum absolute atomic E-state index is 0.0364. The van der Waals surface area contributed by atoms with Crippen molar-refractivity contribution < 1.29 is 35.9 Å². The molecule has 2 aliphatic heterocycles. The molecule has 2 aliphatic rings. The van der Waals surface area contributed by atoms with Crippen LogP contribution in [0.3, 0.4) is 0 Å². The Morgan fingerprint density at radius 1 is 0.891 bits per heavy atom. The fourth-order valence-corrected chi connectivity index (χ4v) is 6.30. The number of para-hydroxylation sites is 1. The molecule has 2 aromatic heterocycles. The fraction of sp³-hybridized carbons (Fsp3) is 0.452. The Kier molecular flexibility index (Phi) is 8.83. The van der Waals surface area contributed by atoms with Crippen molar-refractivity contribution in [3.8, 4) is 0 Å². The number of amides is 1. The van der Waals surface area contributed by atoms with E-state index in [0.717, 1.165) is 40.9 Å². The Morgan fingerprint density at radius 3 is 2.17 bits per heavy atom. The molecule has 1 amide bonds. The number of aryl methyl sites for hydroxylation is 1. The lowest BCUT2D eigenvalue weighted by Crippen LogP contribution is -2.55. The molecule has 9 nitrogen and oxygen atoms in total. The Balaban J connectivity index is 1.29. The van der Waals surface area contributed by atoms with Crippen LogP contribution >= 0.6 is 0 Å². The molecule has 246 valence electrons. The van der Waals surface area contributed by atoms with Gasteiger partial charge in [0.1, 0.15) is 11.4 Å². The van der Waals surface area contributed by atoms with Crippen LogP contribution in [0.15, 0.2) is 48.7 Å². The van der Waals surface area contributed by atoms with E-state index in [1.165, 1.54) is 4.90 Å². The molecular formula is C31H33F6N7O2. The molecule has 46 heavy (non-hydrogen) atoms. The van der Waals surface area contributed by atoms with Crippen LogP contribution in [0.25, 0.3) is 10.9 Å². The lowest BCUT2D eigenvalue weighted by Gasteiger charge is -2.41. The van der Waals surface area contributed by atoms with Gasteiger partial charge < -0.3 is 14.2 Å². The van der Waals surface area contributed by atoms with Crippen LogP contribution in [0.1, 0.15) is 38.4 Å². The number of carbonyl (C=O) groups excluding carboxylic acids is 1. The van der Waals surface area contributed by atoms with Gasteiger partial charge in [0.15, 0.2) is 0 Å². The summed E-state index contributed by atoms with van der Waals surface area (Å²) in [7, 11) is 1.89. The predicted molar refractivity (Wildman–Crippen MR) is 156 cm³/mol. The molecule has 4 heterocycles. The summed E-state index contributed by atoms with van der Waals surface area (Å²) in [6, 6.07) is 8.20. The standard InChI is InChI=1S/C31H33F6N7O2/c1-41-16-21(25-4-2-3-5-28(25)41)14-24-17-43(19-27-26(38-40-39-27)18-42-8-10-46-11-9-42)6-7-44(24)29(45)20-12-22(30(32,33)34)15-23(13-20)31(35,36)37/h2-5,12-13,15-16,24H,6-11,14,17-19H2,1H3,(H,38,39,40)/t24-/m1/s1. The highest BCUT2D eigenvalue weighted by atomic mass is 19.4. The van der Waals surface area contributed by atoms with Crippen LogP contribution in [-0.2, 0) is 43.6 Å². The number of halogens is 6. The van der Waals surface area contributed by atoms with Gasteiger partial charge in [-0.05, 0) is 36.2 Å². The number of rotatable bonds is 7. The zero-order chi connectivity index (χ0) is 32.6. The summed E-state index contributed by atoms with van der Waals surface area (Å²) >= 11 is 0. The first-order valence-electron chi connectivity index (χ1n) is 14.9. The van der Waals surface area contributed by atoms with Crippen molar-refractivity contribution in [2.75, 3.05) is 45.9 Å². The van der Waals surface area contributed by atoms with Crippen molar-refractivity contribution in [1.29, 1.82) is 0 Å². The number of piperazine rings is 1. The lowest BCUT2D eigenvalue weighted by atomic mass is 9.98. The number of nitrogens with one attached hydrogen (secondary N) is 1. The van der Waals surface area contributed by atoms with Crippen molar-refractivity contribution in [2.24, 2.45) is 7.05 Å². The number of aromatic amines is 1. The molecule has 15 heteroatoms. The highest BCUT2D eigenvalue weighted by Gasteiger charge is 2.39. The number of aromatic nitrogens is 4. The van der Waals surface area contributed by atoms with Crippen molar-refractivity contribution in [3.63, 3.8) is 0 Å². The molecule has 2 aromatic carbocycles. The van der Waals surface area contributed by atoms with Gasteiger partial charge in [0, 0.05) is 81.6 Å². The second kappa shape index (κ2) is 12.7. The van der Waals surface area contributed by atoms with E-state index >= 15 is 0 Å². The van der Waals surface area contributed by atoms with Crippen LogP contribution in [0.4, 0.5) is 26.3 Å². The Labute approximate surface area is 260 Å². The molecule has 0 aliphatic carbocycles. The number of H-pyrrole nitrogens is 1. The van der Waals surface area contributed by atoms with Gasteiger partial charge in [0.2, 0.25) is 0 Å². The number of nitrogens with zero attached hydrogens (tertiary/aromatic N) is 6. The number of ether oxygens (including phenoxy) is 1. The first-order chi connectivity index (χ1) is 21.9. The Bertz CT molecular complexity index is 1660. The summed E-state index contributed by atoms with van der Waals surface area (Å²) in [5, 5.41) is 12.4. The summed E-state index contributed by atoms with van der Waals surface area (Å²) in [6.07, 6.45) is -7.84. The monoisotopic (exact) mass is 649 g/mol. The van der Waals surface area contributed by atoms with Crippen molar-refractivity contribution in [1.82, 2.24) is 34.7 Å². The van der Waals surface area contributed by atoms with E-state index in [4.69, 9.17) is 4.74 Å². The first kappa shape index (κ1) is 32.0. The van der Waals surface area contributed by atoms with Crippen LogP contribution in [0, 0.1) is 0 Å². The van der Waals surface area contributed by atoms with Gasteiger partial charge in [-0.15, -0.1) is 0 Å². The molecular weight excluding hydrogens is 616 g/mol. The first-order valence-corrected chi connectivity index (χ1v) is 14.9. The smallest absolute Gasteiger partial charge is 0.379 e. The number of morpholine rings is 1. The Morgan fingerprint density at radius 2 is 1.52 bits per heavy atom. The number of alkyl halides is 6. The van der Waals surface area contributed by atoms with Gasteiger partial charge in [0.25, 0.3) is 5.91 Å². The third-order valence-electron chi connectivity index (χ3n) is 8.65. The molecule has 6 rings (SSSR count). The number of fused-ring (bicyclic) bond motifs is 1. The number of hydrogen-bond donors (Lipinski definition) is 1. The number of hydrogen-bond acceptors (Lipinski definition) is 6. The highest BCUT2D eigenvalue weighted by molar-refractivity contribution is 5.95. The molecule has 0 bridgehead atoms. The zero-order valence-electron chi connectivity index (χ0n) is 25.0. The zero-order valence-corrected chi connectivity index (χ0v) is 25.0. The second-order valence-corrected chi connectivity index (χ2v) is 11.8. The van der Waals surface area contributed by atoms with Gasteiger partial charge in [-0.25, -0.2) is 0 Å². The molecule has 1 N–H and O–H groups in total. The van der Waals surface area contributed by atoms with Crippen LogP contribution in [0.2, 0.25) is 0 Å². The van der Waals surface area contributed by atoms with E-state index in [9.17, 15) is 31.1 Å². The van der Waals surface area contributed by atoms with E-state index in [0.29, 0.717) is 57.9 Å². The van der Waals surface area contributed by atoms with Gasteiger partial charge in [-0.1, -0.05) is 18.2 Å². The minimum Gasteiger partial charge on any atom is -0.379 e. The predicted octanol–water partition coefficient (Wildman–Crippen LogP) is 4.74. The summed E-state index contributed by atoms with van der Waals surface area (Å²) in [5.41, 5.74) is -0.286. The quantitative estimate of drug-likeness (QED) is 0.292. The fourth-order valence-electron chi connectivity index (χ4n) is 6.30. The highest BCUT2D eigenvalue weighted by Crippen LogP contribution is 2.37. The third-order valence-corrected chi connectivity index (χ3v) is 8.65. The normalized spacial score (nSPS) is 18.8. The topological polar surface area (TPSA) is 82.5 Å². The maximum Gasteiger partial charge on any atom is 0.416 e. The van der Waals surface area contributed by atoms with Crippen LogP contribution in [-0.4, -0.2) is 92.6 Å². The summed E-state index contributed by atoms with van der Waals surface area (Å²) in [4.78, 5) is 19.6. The molecule has 0 unspecified atom stereocenters. The van der Waals surface area contributed by atoms with Gasteiger partial charge in [-0.2, -0.15) is 41.8 Å². The SMILES string of the molecule is Cn1cc(C[C@@H]2CN(Cc3n[nH]nc3CN3CCOCC3)CCN2C(=O)c2cc(C(F)(F)F)cc(C(F)(F)F)c2)c2ccccc21. The van der Waals surface area contributed by atoms with Gasteiger partial charge in [-0.3, -0.25) is 14.6 Å². The maximum atomic E-state index is 13.9. The van der Waals surface area contributed by atoms with E-state index in [2.05, 4.69) is 25.2 Å². The summed E-state index contributed by atoms with van der Waals surface area (Å²) < 4.78 is 89.2. The minimum atomic E-state index is -5.06. The number of benzene rings is 2. The largest absolute Gasteiger partial charge is 0.416 e. The third kappa shape index (κ3) is 6.90. The van der Waals surface area contributed by atoms with Crippen molar-refractivity contribution >= 4 is 16.8 Å². The van der Waals surface area contributed by atoms with Gasteiger partial charge in [0.05, 0.1) is 24.3 Å². The molecule has 2 fully saturated rings. The number of carbonyl (C=O) groups is 1. The van der Waals surface area contributed by atoms with Crippen molar-refractivity contribution in [2.45, 2.75) is 37.9 Å². The molecule has 1 atom stereocenters.